The van der Waals surface area contributed by atoms with E-state index in [9.17, 15) is 4.79 Å². The molecular formula is C10H15NO. The van der Waals surface area contributed by atoms with E-state index in [2.05, 4.69) is 25.2 Å². The molecular weight excluding hydrogens is 150 g/mol. The van der Waals surface area contributed by atoms with Gasteiger partial charge in [0.15, 0.2) is 0 Å². The fourth-order valence-electron chi connectivity index (χ4n) is 2.22. The molecule has 12 heavy (non-hydrogen) atoms. The molecule has 2 aliphatic rings. The van der Waals surface area contributed by atoms with Crippen LogP contribution in [0.3, 0.4) is 0 Å². The second-order valence-corrected chi connectivity index (χ2v) is 4.08. The maximum absolute atomic E-state index is 11.3. The molecule has 0 radical (unpaired) electrons. The third-order valence-electron chi connectivity index (χ3n) is 3.23. The van der Waals surface area contributed by atoms with E-state index in [0.717, 1.165) is 6.54 Å². The van der Waals surface area contributed by atoms with Gasteiger partial charge in [0.2, 0.25) is 5.91 Å². The zero-order chi connectivity index (χ0) is 8.72. The number of carbonyl (C=O) groups excluding carboxylic acids is 1. The Kier molecular flexibility index (Phi) is 1.71. The molecule has 1 fully saturated rings. The average molecular weight is 165 g/mol. The van der Waals surface area contributed by atoms with Crippen LogP contribution in [0.4, 0.5) is 0 Å². The standard InChI is InChI=1S/C10H15NO/c1-6-3-8-5-11-10(12)9(8)4-7(6)2/h4,6,8-9H,3,5H2,1-2H3,(H,11,12)/t6-,8-,9-/m1/s1. The molecule has 1 aliphatic carbocycles. The van der Waals surface area contributed by atoms with Gasteiger partial charge in [-0.2, -0.15) is 0 Å². The average Bonchev–Trinajstić information content (AvgIpc) is 2.35. The Labute approximate surface area is 73.0 Å². The van der Waals surface area contributed by atoms with Gasteiger partial charge in [-0.25, -0.2) is 0 Å². The van der Waals surface area contributed by atoms with Crippen molar-refractivity contribution in [3.05, 3.63) is 11.6 Å². The van der Waals surface area contributed by atoms with Crippen LogP contribution in [0.25, 0.3) is 0 Å². The van der Waals surface area contributed by atoms with Crippen molar-refractivity contribution in [3.63, 3.8) is 0 Å². The summed E-state index contributed by atoms with van der Waals surface area (Å²) in [6.45, 7) is 5.26. The number of carbonyl (C=O) groups is 1. The Balaban J connectivity index is 2.25. The molecule has 1 heterocycles. The molecule has 0 spiro atoms. The molecule has 1 amide bonds. The van der Waals surface area contributed by atoms with Gasteiger partial charge >= 0.3 is 0 Å². The molecule has 1 saturated heterocycles. The molecule has 0 bridgehead atoms. The van der Waals surface area contributed by atoms with Crippen molar-refractivity contribution in [2.24, 2.45) is 17.8 Å². The van der Waals surface area contributed by atoms with Gasteiger partial charge in [-0.3, -0.25) is 4.79 Å². The molecule has 0 aromatic rings. The minimum Gasteiger partial charge on any atom is -0.355 e. The van der Waals surface area contributed by atoms with E-state index in [-0.39, 0.29) is 11.8 Å². The van der Waals surface area contributed by atoms with Gasteiger partial charge in [0.25, 0.3) is 0 Å². The second kappa shape index (κ2) is 2.61. The maximum Gasteiger partial charge on any atom is 0.227 e. The van der Waals surface area contributed by atoms with Gasteiger partial charge in [-0.15, -0.1) is 0 Å². The molecule has 2 heteroatoms. The lowest BCUT2D eigenvalue weighted by Gasteiger charge is -2.25. The normalized spacial score (nSPS) is 40.3. The smallest absolute Gasteiger partial charge is 0.227 e. The summed E-state index contributed by atoms with van der Waals surface area (Å²) >= 11 is 0. The first-order valence-corrected chi connectivity index (χ1v) is 4.64. The highest BCUT2D eigenvalue weighted by atomic mass is 16.2. The fourth-order valence-corrected chi connectivity index (χ4v) is 2.22. The van der Waals surface area contributed by atoms with Gasteiger partial charge in [0, 0.05) is 6.54 Å². The van der Waals surface area contributed by atoms with E-state index < -0.39 is 0 Å². The summed E-state index contributed by atoms with van der Waals surface area (Å²) < 4.78 is 0. The summed E-state index contributed by atoms with van der Waals surface area (Å²) in [5.41, 5.74) is 1.38. The van der Waals surface area contributed by atoms with E-state index in [0.29, 0.717) is 11.8 Å². The SMILES string of the molecule is CC1=C[C@H]2C(=O)NC[C@H]2C[C@H]1C. The van der Waals surface area contributed by atoms with E-state index in [1.54, 1.807) is 0 Å². The number of nitrogens with one attached hydrogen (secondary N) is 1. The second-order valence-electron chi connectivity index (χ2n) is 4.08. The molecule has 0 aromatic carbocycles. The highest BCUT2D eigenvalue weighted by molar-refractivity contribution is 5.83. The molecule has 1 N–H and O–H groups in total. The van der Waals surface area contributed by atoms with Crippen LogP contribution in [0.5, 0.6) is 0 Å². The fraction of sp³-hybridized carbons (Fsp3) is 0.700. The van der Waals surface area contributed by atoms with Crippen LogP contribution in [0.2, 0.25) is 0 Å². The van der Waals surface area contributed by atoms with Crippen molar-refractivity contribution in [2.45, 2.75) is 20.3 Å². The summed E-state index contributed by atoms with van der Waals surface area (Å²) in [6.07, 6.45) is 3.33. The highest BCUT2D eigenvalue weighted by Crippen LogP contribution is 2.35. The quantitative estimate of drug-likeness (QED) is 0.539. The first kappa shape index (κ1) is 7.84. The summed E-state index contributed by atoms with van der Waals surface area (Å²) in [7, 11) is 0. The van der Waals surface area contributed by atoms with Gasteiger partial charge in [0.05, 0.1) is 5.92 Å². The van der Waals surface area contributed by atoms with Crippen LogP contribution in [-0.4, -0.2) is 12.5 Å². The van der Waals surface area contributed by atoms with Gasteiger partial charge in [-0.05, 0) is 25.2 Å². The molecule has 0 unspecified atom stereocenters. The number of hydrogen-bond donors (Lipinski definition) is 1. The van der Waals surface area contributed by atoms with Crippen molar-refractivity contribution < 1.29 is 4.79 Å². The molecule has 0 saturated carbocycles. The molecule has 66 valence electrons. The highest BCUT2D eigenvalue weighted by Gasteiger charge is 2.36. The van der Waals surface area contributed by atoms with E-state index in [1.807, 2.05) is 0 Å². The van der Waals surface area contributed by atoms with E-state index in [1.165, 1.54) is 12.0 Å². The molecule has 2 nitrogen and oxygen atoms in total. The van der Waals surface area contributed by atoms with Crippen LogP contribution in [0.15, 0.2) is 11.6 Å². The molecule has 2 rings (SSSR count). The van der Waals surface area contributed by atoms with Crippen molar-refractivity contribution in [1.29, 1.82) is 0 Å². The van der Waals surface area contributed by atoms with Crippen LogP contribution >= 0.6 is 0 Å². The molecule has 1 aliphatic heterocycles. The lowest BCUT2D eigenvalue weighted by Crippen LogP contribution is -2.22. The zero-order valence-electron chi connectivity index (χ0n) is 7.63. The summed E-state index contributed by atoms with van der Waals surface area (Å²) in [4.78, 5) is 11.3. The third kappa shape index (κ3) is 1.06. The van der Waals surface area contributed by atoms with Crippen molar-refractivity contribution in [1.82, 2.24) is 5.32 Å². The van der Waals surface area contributed by atoms with Gasteiger partial charge in [0.1, 0.15) is 0 Å². The maximum atomic E-state index is 11.3. The minimum absolute atomic E-state index is 0.182. The monoisotopic (exact) mass is 165 g/mol. The lowest BCUT2D eigenvalue weighted by atomic mass is 9.78. The number of amides is 1. The Hall–Kier alpha value is -0.790. The van der Waals surface area contributed by atoms with Crippen molar-refractivity contribution in [3.8, 4) is 0 Å². The van der Waals surface area contributed by atoms with E-state index in [4.69, 9.17) is 0 Å². The zero-order valence-corrected chi connectivity index (χ0v) is 7.63. The van der Waals surface area contributed by atoms with Crippen LogP contribution in [0.1, 0.15) is 20.3 Å². The van der Waals surface area contributed by atoms with Crippen molar-refractivity contribution >= 4 is 5.91 Å². The summed E-state index contributed by atoms with van der Waals surface area (Å²) in [5, 5.41) is 2.92. The predicted molar refractivity (Wildman–Crippen MR) is 47.5 cm³/mol. The largest absolute Gasteiger partial charge is 0.355 e. The Morgan fingerprint density at radius 2 is 2.33 bits per heavy atom. The Morgan fingerprint density at radius 1 is 1.58 bits per heavy atom. The first-order chi connectivity index (χ1) is 5.68. The van der Waals surface area contributed by atoms with Crippen LogP contribution in [-0.2, 0) is 4.79 Å². The minimum atomic E-state index is 0.182. The topological polar surface area (TPSA) is 29.1 Å². The number of hydrogen-bond acceptors (Lipinski definition) is 1. The van der Waals surface area contributed by atoms with E-state index >= 15 is 0 Å². The van der Waals surface area contributed by atoms with Crippen molar-refractivity contribution in [2.75, 3.05) is 6.54 Å². The first-order valence-electron chi connectivity index (χ1n) is 4.64. The number of rotatable bonds is 0. The predicted octanol–water partition coefficient (Wildman–Crippen LogP) is 1.33. The summed E-state index contributed by atoms with van der Waals surface area (Å²) in [5.74, 6) is 1.64. The van der Waals surface area contributed by atoms with Gasteiger partial charge < -0.3 is 5.32 Å². The Morgan fingerprint density at radius 3 is 3.08 bits per heavy atom. The van der Waals surface area contributed by atoms with Crippen LogP contribution in [0, 0.1) is 17.8 Å². The Bertz CT molecular complexity index is 244. The molecule has 3 atom stereocenters. The summed E-state index contributed by atoms with van der Waals surface area (Å²) in [6, 6.07) is 0. The number of allylic oxidation sites excluding steroid dienone is 1. The van der Waals surface area contributed by atoms with Gasteiger partial charge in [-0.1, -0.05) is 18.6 Å². The number of fused-ring (bicyclic) bond motifs is 1. The lowest BCUT2D eigenvalue weighted by molar-refractivity contribution is -0.121. The third-order valence-corrected chi connectivity index (χ3v) is 3.23. The molecule has 0 aromatic heterocycles. The van der Waals surface area contributed by atoms with Crippen LogP contribution < -0.4 is 5.32 Å².